The molecule has 7 heteroatoms. The summed E-state index contributed by atoms with van der Waals surface area (Å²) >= 11 is 0. The first-order valence-electron chi connectivity index (χ1n) is 11.1. The van der Waals surface area contributed by atoms with Crippen LogP contribution in [0.25, 0.3) is 0 Å². The first kappa shape index (κ1) is 37.5. The molecular formula is C24H49Br2SbSi4-2. The summed E-state index contributed by atoms with van der Waals surface area (Å²) in [5.41, 5.74) is 8.95. The molecule has 0 aromatic carbocycles. The molecule has 0 aromatic rings. The molecule has 0 nitrogen and oxygen atoms in total. The molecule has 1 rings (SSSR count). The average Bonchev–Trinajstić information content (AvgIpc) is 2.29. The van der Waals surface area contributed by atoms with Crippen LogP contribution in [-0.4, -0.2) is 56.7 Å². The minimum Gasteiger partial charge on any atom is -1.00 e. The number of hydrogen-bond acceptors (Lipinski definition) is 0. The molecule has 0 aromatic heterocycles. The Labute approximate surface area is 238 Å². The minimum absolute atomic E-state index is 0. The van der Waals surface area contributed by atoms with Gasteiger partial charge in [-0.15, -0.1) is 5.73 Å². The molecule has 0 atom stereocenters. The molecule has 0 saturated carbocycles. The van der Waals surface area contributed by atoms with E-state index >= 15 is 0 Å². The first-order valence-corrected chi connectivity index (χ1v) is 25.4. The average molecular weight is 732 g/mol. The number of allylic oxidation sites excluding steroid dienone is 3. The van der Waals surface area contributed by atoms with Gasteiger partial charge in [-0.2, -0.15) is 0 Å². The number of rotatable bonds is 6. The fourth-order valence-corrected chi connectivity index (χ4v) is 31.0. The second-order valence-electron chi connectivity index (χ2n) is 14.4. The summed E-state index contributed by atoms with van der Waals surface area (Å²) in [5.74, 6) is 0. The van der Waals surface area contributed by atoms with Gasteiger partial charge in [0.15, 0.2) is 0 Å². The summed E-state index contributed by atoms with van der Waals surface area (Å²) in [6.45, 7) is 38.0. The van der Waals surface area contributed by atoms with Gasteiger partial charge in [-0.3, -0.25) is 0 Å². The number of halogens is 2. The topological polar surface area (TPSA) is 0 Å². The largest absolute Gasteiger partial charge is 1.00 e. The summed E-state index contributed by atoms with van der Waals surface area (Å²) in [6.07, 6.45) is 5.10. The van der Waals surface area contributed by atoms with Crippen LogP contribution in [0.5, 0.6) is 0 Å². The van der Waals surface area contributed by atoms with Crippen LogP contribution in [0.2, 0.25) is 88.9 Å². The molecule has 182 valence electrons. The summed E-state index contributed by atoms with van der Waals surface area (Å²) in [5, 5.41) is 1.51. The molecule has 0 unspecified atom stereocenters. The molecule has 1 aliphatic carbocycles. The van der Waals surface area contributed by atoms with E-state index in [2.05, 4.69) is 118 Å². The predicted octanol–water partition coefficient (Wildman–Crippen LogP) is 2.43. The molecule has 0 aliphatic heterocycles. The van der Waals surface area contributed by atoms with E-state index < -0.39 is 32.3 Å². The molecule has 0 fully saturated rings. The molecule has 0 spiro atoms. The van der Waals surface area contributed by atoms with Crippen LogP contribution >= 0.6 is 0 Å². The van der Waals surface area contributed by atoms with Gasteiger partial charge in [0.25, 0.3) is 0 Å². The van der Waals surface area contributed by atoms with Gasteiger partial charge in [0, 0.05) is 47.0 Å². The van der Waals surface area contributed by atoms with Crippen molar-refractivity contribution in [3.8, 4) is 0 Å². The molecule has 4 radical (unpaired) electrons. The number of hydrogen-bond donors (Lipinski definition) is 0. The van der Waals surface area contributed by atoms with Gasteiger partial charge in [-0.1, -0.05) is 111 Å². The second kappa shape index (κ2) is 12.2. The Morgan fingerprint density at radius 3 is 1.16 bits per heavy atom. The molecule has 0 heterocycles. The second-order valence-corrected chi connectivity index (χ2v) is 36.8. The molecule has 0 N–H and O–H groups in total. The van der Waals surface area contributed by atoms with E-state index in [1.165, 1.54) is 5.57 Å². The molecule has 0 saturated heterocycles. The van der Waals surface area contributed by atoms with Crippen LogP contribution in [0.3, 0.4) is 0 Å². The summed E-state index contributed by atoms with van der Waals surface area (Å²) in [6, 6.07) is 0. The van der Waals surface area contributed by atoms with Crippen LogP contribution in [-0.2, 0) is 0 Å². The van der Waals surface area contributed by atoms with Gasteiger partial charge >= 0.3 is 0 Å². The van der Waals surface area contributed by atoms with Crippen LogP contribution in [0, 0.1) is 11.8 Å². The van der Waals surface area contributed by atoms with Crippen molar-refractivity contribution in [2.24, 2.45) is 5.41 Å². The van der Waals surface area contributed by atoms with Crippen molar-refractivity contribution in [1.82, 2.24) is 0 Å². The molecule has 1 aliphatic rings. The molecular weight excluding hydrogens is 682 g/mol. The monoisotopic (exact) mass is 728 g/mol. The van der Waals surface area contributed by atoms with Gasteiger partial charge in [-0.05, 0) is 26.9 Å². The Morgan fingerprint density at radius 2 is 0.903 bits per heavy atom. The van der Waals surface area contributed by atoms with Crippen molar-refractivity contribution in [2.75, 3.05) is 0 Å². The van der Waals surface area contributed by atoms with E-state index in [1.807, 2.05) is 0 Å². The maximum atomic E-state index is 4.12. The van der Waals surface area contributed by atoms with Crippen molar-refractivity contribution in [3.05, 3.63) is 34.9 Å². The van der Waals surface area contributed by atoms with Crippen molar-refractivity contribution >= 4 is 56.7 Å². The van der Waals surface area contributed by atoms with Crippen LogP contribution in [0.1, 0.15) is 20.8 Å². The fourth-order valence-electron chi connectivity index (χ4n) is 5.82. The Bertz CT molecular complexity index is 660. The normalized spacial score (nSPS) is 16.0. The third-order valence-corrected chi connectivity index (χ3v) is 24.4. The summed E-state index contributed by atoms with van der Waals surface area (Å²) in [7, 11) is -5.37. The van der Waals surface area contributed by atoms with Crippen molar-refractivity contribution in [3.63, 3.8) is 0 Å². The predicted molar refractivity (Wildman–Crippen MR) is 149 cm³/mol. The maximum Gasteiger partial charge on any atom is 0.0501 e. The quantitative estimate of drug-likeness (QED) is 0.291. The maximum absolute atomic E-state index is 4.12. The van der Waals surface area contributed by atoms with Gasteiger partial charge in [0.2, 0.25) is 0 Å². The first-order chi connectivity index (χ1) is 12.1. The zero-order chi connectivity index (χ0) is 22.5. The van der Waals surface area contributed by atoms with Crippen LogP contribution in [0.4, 0.5) is 0 Å². The van der Waals surface area contributed by atoms with Crippen molar-refractivity contribution in [1.29, 1.82) is 0 Å². The third kappa shape index (κ3) is 10.6. The molecule has 0 amide bonds. The van der Waals surface area contributed by atoms with Gasteiger partial charge in [0.1, 0.15) is 0 Å². The Kier molecular flexibility index (Phi) is 14.8. The van der Waals surface area contributed by atoms with E-state index in [4.69, 9.17) is 0 Å². The van der Waals surface area contributed by atoms with Gasteiger partial charge < -0.3 is 34.0 Å². The third-order valence-electron chi connectivity index (χ3n) is 5.86. The van der Waals surface area contributed by atoms with Crippen molar-refractivity contribution in [2.45, 2.75) is 110 Å². The molecule has 0 bridgehead atoms. The Hall–Kier alpha value is 1.91. The fraction of sp³-hybridized carbons (Fsp3) is 0.750. The summed E-state index contributed by atoms with van der Waals surface area (Å²) < 4.78 is 0. The van der Waals surface area contributed by atoms with E-state index in [1.54, 1.807) is 11.1 Å². The minimum atomic E-state index is -1.34. The SMILES string of the molecule is CC(C)(C)C1=CC(C([Si](C)(C)C)[Si](C)(C)C)=C=C(C([Si](C)(C)C)[Si](C)(C)C)[CH]1.[Br-].[Br-].[Sb]. The standard InChI is InChI=1S/C24H49Si4.2BrH.Sb/c1-24(2,3)21-17-19(22(25(4,5)6)26(7,8)9)16-20(18-21)23(27(10,11)12)28(13,14)15;;;/h17-18,22-23H,1-15H3;2*1H;/p-2. The zero-order valence-corrected chi connectivity index (χ0v) is 32.7. The van der Waals surface area contributed by atoms with Crippen LogP contribution in [0.15, 0.2) is 28.5 Å². The Balaban J connectivity index is -0.00000261. The zero-order valence-electron chi connectivity index (χ0n) is 23.0. The van der Waals surface area contributed by atoms with E-state index in [9.17, 15) is 0 Å². The smallest absolute Gasteiger partial charge is 0.0501 e. The van der Waals surface area contributed by atoms with Gasteiger partial charge in [0.05, 0.1) is 16.1 Å². The van der Waals surface area contributed by atoms with Gasteiger partial charge in [-0.25, -0.2) is 0 Å². The van der Waals surface area contributed by atoms with E-state index in [-0.39, 0.29) is 63.8 Å². The van der Waals surface area contributed by atoms with E-state index in [0.717, 1.165) is 10.3 Å². The summed E-state index contributed by atoms with van der Waals surface area (Å²) in [4.78, 5) is 0. The van der Waals surface area contributed by atoms with Crippen LogP contribution < -0.4 is 34.0 Å². The van der Waals surface area contributed by atoms with Crippen molar-refractivity contribution < 1.29 is 34.0 Å². The molecule has 31 heavy (non-hydrogen) atoms. The Morgan fingerprint density at radius 1 is 0.613 bits per heavy atom. The van der Waals surface area contributed by atoms with E-state index in [0.29, 0.717) is 0 Å².